The van der Waals surface area contributed by atoms with Crippen molar-refractivity contribution in [2.75, 3.05) is 0 Å². The molecule has 0 aliphatic rings. The van der Waals surface area contributed by atoms with Gasteiger partial charge < -0.3 is 0 Å². The first-order valence-electron chi connectivity index (χ1n) is 3.58. The van der Waals surface area contributed by atoms with Gasteiger partial charge in [-0.15, -0.1) is 0 Å². The van der Waals surface area contributed by atoms with E-state index in [1.807, 2.05) is 6.07 Å². The number of benzene rings is 1. The zero-order chi connectivity index (χ0) is 9.14. The fourth-order valence-electron chi connectivity index (χ4n) is 1.01. The Morgan fingerprint density at radius 1 is 1.58 bits per heavy atom. The third kappa shape index (κ3) is 2.29. The topological polar surface area (TPSA) is 43.1 Å². The van der Waals surface area contributed by atoms with Gasteiger partial charge in [-0.3, -0.25) is 0 Å². The molecule has 12 heavy (non-hydrogen) atoms. The first kappa shape index (κ1) is 10.2. The molecule has 5 heteroatoms. The van der Waals surface area contributed by atoms with Crippen molar-refractivity contribution < 1.29 is 4.92 Å². The molecule has 0 saturated carbocycles. The molecule has 1 aromatic rings. The SMILES string of the molecule is O=[N+]([O-])c1cc(Br)ccc1[CH2][Na]. The molecular formula is C7H5BrNNaO2. The van der Waals surface area contributed by atoms with Gasteiger partial charge in [-0.2, -0.15) is 0 Å². The minimum absolute atomic E-state index is 0.222. The summed E-state index contributed by atoms with van der Waals surface area (Å²) in [5.74, 6) is 0. The van der Waals surface area contributed by atoms with Crippen LogP contribution in [0, 0.1) is 10.1 Å². The zero-order valence-corrected chi connectivity index (χ0v) is 10.2. The zero-order valence-electron chi connectivity index (χ0n) is 6.58. The number of nitro benzene ring substituents is 1. The van der Waals surface area contributed by atoms with E-state index in [1.54, 1.807) is 12.1 Å². The number of nitro groups is 1. The Bertz CT molecular complexity index is 316. The van der Waals surface area contributed by atoms with Crippen molar-refractivity contribution >= 4 is 49.5 Å². The van der Waals surface area contributed by atoms with Crippen LogP contribution in [0.4, 0.5) is 5.69 Å². The van der Waals surface area contributed by atoms with Gasteiger partial charge >= 0.3 is 96.5 Å². The van der Waals surface area contributed by atoms with Crippen LogP contribution in [-0.2, 0) is 3.67 Å². The van der Waals surface area contributed by atoms with Crippen molar-refractivity contribution in [1.82, 2.24) is 0 Å². The number of hydrogen-bond donors (Lipinski definition) is 0. The van der Waals surface area contributed by atoms with Crippen molar-refractivity contribution in [3.8, 4) is 0 Å². The summed E-state index contributed by atoms with van der Waals surface area (Å²) in [7, 11) is 0. The van der Waals surface area contributed by atoms with Crippen molar-refractivity contribution in [3.05, 3.63) is 38.3 Å². The minimum atomic E-state index is -0.335. The molecule has 0 saturated heterocycles. The van der Waals surface area contributed by atoms with Crippen molar-refractivity contribution in [2.45, 2.75) is 3.67 Å². The Morgan fingerprint density at radius 3 is 2.75 bits per heavy atom. The van der Waals surface area contributed by atoms with Gasteiger partial charge in [-0.1, -0.05) is 0 Å². The Kier molecular flexibility index (Phi) is 3.71. The molecule has 3 nitrogen and oxygen atoms in total. The molecular weight excluding hydrogens is 233 g/mol. The summed E-state index contributed by atoms with van der Waals surface area (Å²) < 4.78 is 1.58. The van der Waals surface area contributed by atoms with E-state index in [9.17, 15) is 10.1 Å². The number of nitrogens with zero attached hydrogens (tertiary/aromatic N) is 1. The second-order valence-corrected chi connectivity index (χ2v) is 4.01. The molecule has 0 bridgehead atoms. The van der Waals surface area contributed by atoms with Crippen molar-refractivity contribution in [1.29, 1.82) is 0 Å². The van der Waals surface area contributed by atoms with Gasteiger partial charge in [0.15, 0.2) is 0 Å². The Morgan fingerprint density at radius 2 is 2.25 bits per heavy atom. The first-order chi connectivity index (χ1) is 5.65. The van der Waals surface area contributed by atoms with Crippen LogP contribution < -0.4 is 0 Å². The molecule has 58 valence electrons. The van der Waals surface area contributed by atoms with Crippen molar-refractivity contribution in [2.24, 2.45) is 0 Å². The fraction of sp³-hybridized carbons (Fsp3) is 0.143. The summed E-state index contributed by atoms with van der Waals surface area (Å²) in [6, 6.07) is 5.18. The van der Waals surface area contributed by atoms with Gasteiger partial charge in [-0.25, -0.2) is 0 Å². The standard InChI is InChI=1S/C7H5BrNO2.Na/c1-5-2-3-6(8)4-7(5)9(10)11;/h2-4H,1H2;. The van der Waals surface area contributed by atoms with E-state index in [0.29, 0.717) is 0 Å². The summed E-state index contributed by atoms with van der Waals surface area (Å²) >= 11 is 4.15. The van der Waals surface area contributed by atoms with E-state index < -0.39 is 0 Å². The van der Waals surface area contributed by atoms with E-state index in [2.05, 4.69) is 15.9 Å². The molecule has 0 aliphatic heterocycles. The monoisotopic (exact) mass is 237 g/mol. The average molecular weight is 238 g/mol. The van der Waals surface area contributed by atoms with Gasteiger partial charge in [0.05, 0.1) is 0 Å². The van der Waals surface area contributed by atoms with E-state index in [4.69, 9.17) is 0 Å². The van der Waals surface area contributed by atoms with Crippen LogP contribution in [0.3, 0.4) is 0 Å². The molecule has 1 aromatic carbocycles. The second-order valence-electron chi connectivity index (χ2n) is 2.38. The van der Waals surface area contributed by atoms with Gasteiger partial charge in [0.25, 0.3) is 0 Å². The van der Waals surface area contributed by atoms with E-state index >= 15 is 0 Å². The molecule has 0 aromatic heterocycles. The molecule has 0 N–H and O–H groups in total. The molecule has 0 spiro atoms. The first-order valence-corrected chi connectivity index (χ1v) is 5.78. The second kappa shape index (κ2) is 4.37. The summed E-state index contributed by atoms with van der Waals surface area (Å²) in [6.07, 6.45) is 0. The quantitative estimate of drug-likeness (QED) is 0.449. The van der Waals surface area contributed by atoms with Crippen molar-refractivity contribution in [3.63, 3.8) is 0 Å². The van der Waals surface area contributed by atoms with Gasteiger partial charge in [0, 0.05) is 0 Å². The Balaban J connectivity index is 3.21. The van der Waals surface area contributed by atoms with Gasteiger partial charge in [-0.05, 0) is 0 Å². The molecule has 0 atom stereocenters. The van der Waals surface area contributed by atoms with Crippen LogP contribution in [0.15, 0.2) is 22.7 Å². The predicted molar refractivity (Wildman–Crippen MR) is 50.3 cm³/mol. The van der Waals surface area contributed by atoms with E-state index in [1.165, 1.54) is 0 Å². The van der Waals surface area contributed by atoms with Gasteiger partial charge in [0.1, 0.15) is 0 Å². The average Bonchev–Trinajstić information content (AvgIpc) is 2.04. The van der Waals surface area contributed by atoms with Crippen LogP contribution >= 0.6 is 15.9 Å². The van der Waals surface area contributed by atoms with Crippen LogP contribution in [0.1, 0.15) is 5.56 Å². The maximum absolute atomic E-state index is 10.5. The molecule has 0 heterocycles. The van der Waals surface area contributed by atoms with Crippen LogP contribution in [0.2, 0.25) is 0 Å². The summed E-state index contributed by atoms with van der Waals surface area (Å²) in [5, 5.41) is 10.5. The molecule has 1 rings (SSSR count). The number of rotatable bonds is 2. The molecule has 0 fully saturated rings. The van der Waals surface area contributed by atoms with E-state index in [0.717, 1.165) is 41.6 Å². The summed E-state index contributed by atoms with van der Waals surface area (Å²) in [6.45, 7) is 0. The third-order valence-electron chi connectivity index (χ3n) is 1.62. The summed E-state index contributed by atoms with van der Waals surface area (Å²) in [5.41, 5.74) is 1.05. The Labute approximate surface area is 95.9 Å². The van der Waals surface area contributed by atoms with Gasteiger partial charge in [0.2, 0.25) is 0 Å². The fourth-order valence-corrected chi connectivity index (χ4v) is 1.95. The Hall–Kier alpha value is 0.1000. The number of halogens is 1. The molecule has 0 aliphatic carbocycles. The molecule has 0 amide bonds. The van der Waals surface area contributed by atoms with E-state index in [-0.39, 0.29) is 10.6 Å². The van der Waals surface area contributed by atoms with Crippen LogP contribution in [0.5, 0.6) is 0 Å². The van der Waals surface area contributed by atoms with Crippen LogP contribution in [0.25, 0.3) is 0 Å². The summed E-state index contributed by atoms with van der Waals surface area (Å²) in [4.78, 5) is 10.2. The predicted octanol–water partition coefficient (Wildman–Crippen LogP) is 2.03. The normalized spacial score (nSPS) is 9.92. The third-order valence-corrected chi connectivity index (χ3v) is 2.88. The van der Waals surface area contributed by atoms with Crippen LogP contribution in [-0.4, -0.2) is 32.9 Å². The molecule has 0 radical (unpaired) electrons. The molecule has 0 unspecified atom stereocenters. The number of hydrogen-bond acceptors (Lipinski definition) is 2. The maximum atomic E-state index is 10.5.